The molecule has 0 spiro atoms. The van der Waals surface area contributed by atoms with Crippen LogP contribution in [0.25, 0.3) is 0 Å². The van der Waals surface area contributed by atoms with Gasteiger partial charge >= 0.3 is 0 Å². The molecule has 78 valence electrons. The van der Waals surface area contributed by atoms with Crippen LogP contribution in [-0.2, 0) is 4.79 Å². The van der Waals surface area contributed by atoms with Crippen molar-refractivity contribution in [3.8, 4) is 0 Å². The zero-order chi connectivity index (χ0) is 10.5. The minimum absolute atomic E-state index is 0.149. The molecule has 1 amide bonds. The predicted molar refractivity (Wildman–Crippen MR) is 56.6 cm³/mol. The summed E-state index contributed by atoms with van der Waals surface area (Å²) in [5, 5.41) is 3.02. The van der Waals surface area contributed by atoms with Gasteiger partial charge in [-0.05, 0) is 13.3 Å². The Hall–Kier alpha value is -0.530. The number of amides is 1. The summed E-state index contributed by atoms with van der Waals surface area (Å²) in [6.07, 6.45) is 3.46. The van der Waals surface area contributed by atoms with Gasteiger partial charge in [0.2, 0.25) is 5.91 Å². The van der Waals surface area contributed by atoms with E-state index in [0.29, 0.717) is 6.04 Å². The van der Waals surface area contributed by atoms with E-state index in [1.54, 1.807) is 0 Å². The van der Waals surface area contributed by atoms with E-state index < -0.39 is 0 Å². The van der Waals surface area contributed by atoms with Gasteiger partial charge in [0.1, 0.15) is 0 Å². The van der Waals surface area contributed by atoms with Gasteiger partial charge in [0.25, 0.3) is 0 Å². The van der Waals surface area contributed by atoms with E-state index in [-0.39, 0.29) is 11.3 Å². The average molecular weight is 185 g/mol. The molecule has 0 aliphatic heterocycles. The van der Waals surface area contributed by atoms with E-state index in [2.05, 4.69) is 19.2 Å². The SMILES string of the molecule is CCCCC(C)NC(=O)C(C)(C)C. The lowest BCUT2D eigenvalue weighted by Gasteiger charge is -2.21. The second-order valence-electron chi connectivity index (χ2n) is 4.77. The van der Waals surface area contributed by atoms with Crippen LogP contribution >= 0.6 is 0 Å². The van der Waals surface area contributed by atoms with Gasteiger partial charge in [0.15, 0.2) is 0 Å². The third-order valence-corrected chi connectivity index (χ3v) is 2.05. The molecule has 0 aliphatic carbocycles. The molecule has 0 radical (unpaired) electrons. The van der Waals surface area contributed by atoms with Crippen molar-refractivity contribution in [2.75, 3.05) is 0 Å². The van der Waals surface area contributed by atoms with Gasteiger partial charge in [-0.1, -0.05) is 40.5 Å². The Balaban J connectivity index is 3.79. The average Bonchev–Trinajstić information content (AvgIpc) is 1.99. The Labute approximate surface area is 82.1 Å². The number of hydrogen-bond acceptors (Lipinski definition) is 1. The van der Waals surface area contributed by atoms with Gasteiger partial charge < -0.3 is 5.32 Å². The van der Waals surface area contributed by atoms with Crippen molar-refractivity contribution in [3.05, 3.63) is 0 Å². The van der Waals surface area contributed by atoms with Gasteiger partial charge in [0.05, 0.1) is 0 Å². The fourth-order valence-corrected chi connectivity index (χ4v) is 1.02. The Morgan fingerprint density at radius 3 is 2.31 bits per heavy atom. The van der Waals surface area contributed by atoms with Crippen LogP contribution in [0.15, 0.2) is 0 Å². The Kier molecular flexibility index (Phi) is 5.04. The molecule has 0 saturated carbocycles. The number of carbonyl (C=O) groups is 1. The van der Waals surface area contributed by atoms with E-state index in [1.807, 2.05) is 20.8 Å². The maximum Gasteiger partial charge on any atom is 0.225 e. The lowest BCUT2D eigenvalue weighted by atomic mass is 9.95. The standard InChI is InChI=1S/C11H23NO/c1-6-7-8-9(2)12-10(13)11(3,4)5/h9H,6-8H2,1-5H3,(H,12,13). The summed E-state index contributed by atoms with van der Waals surface area (Å²) >= 11 is 0. The number of unbranched alkanes of at least 4 members (excludes halogenated alkanes) is 1. The summed E-state index contributed by atoms with van der Waals surface area (Å²) in [5.41, 5.74) is -0.263. The topological polar surface area (TPSA) is 29.1 Å². The van der Waals surface area contributed by atoms with Crippen LogP contribution in [0.3, 0.4) is 0 Å². The quantitative estimate of drug-likeness (QED) is 0.717. The van der Waals surface area contributed by atoms with Crippen molar-refractivity contribution in [3.63, 3.8) is 0 Å². The largest absolute Gasteiger partial charge is 0.353 e. The van der Waals surface area contributed by atoms with Crippen molar-refractivity contribution < 1.29 is 4.79 Å². The molecule has 0 aromatic heterocycles. The molecule has 0 fully saturated rings. The fourth-order valence-electron chi connectivity index (χ4n) is 1.02. The zero-order valence-corrected chi connectivity index (χ0v) is 9.61. The fraction of sp³-hybridized carbons (Fsp3) is 0.909. The van der Waals surface area contributed by atoms with Crippen molar-refractivity contribution >= 4 is 5.91 Å². The van der Waals surface area contributed by atoms with E-state index >= 15 is 0 Å². The van der Waals surface area contributed by atoms with Crippen molar-refractivity contribution in [2.45, 2.75) is 59.9 Å². The molecule has 0 bridgehead atoms. The van der Waals surface area contributed by atoms with Crippen LogP contribution in [0.5, 0.6) is 0 Å². The minimum Gasteiger partial charge on any atom is -0.353 e. The highest BCUT2D eigenvalue weighted by atomic mass is 16.2. The highest BCUT2D eigenvalue weighted by molar-refractivity contribution is 5.81. The van der Waals surface area contributed by atoms with Gasteiger partial charge in [-0.3, -0.25) is 4.79 Å². The van der Waals surface area contributed by atoms with Gasteiger partial charge in [0, 0.05) is 11.5 Å². The molecule has 0 aromatic rings. The second kappa shape index (κ2) is 5.25. The zero-order valence-electron chi connectivity index (χ0n) is 9.61. The summed E-state index contributed by atoms with van der Waals surface area (Å²) in [6.45, 7) is 10.1. The van der Waals surface area contributed by atoms with E-state index in [9.17, 15) is 4.79 Å². The maximum atomic E-state index is 11.5. The van der Waals surface area contributed by atoms with E-state index in [1.165, 1.54) is 12.8 Å². The van der Waals surface area contributed by atoms with Crippen molar-refractivity contribution in [1.29, 1.82) is 0 Å². The van der Waals surface area contributed by atoms with Crippen LogP contribution in [0.4, 0.5) is 0 Å². The van der Waals surface area contributed by atoms with Gasteiger partial charge in [-0.25, -0.2) is 0 Å². The molecule has 2 heteroatoms. The highest BCUT2D eigenvalue weighted by Gasteiger charge is 2.21. The molecule has 2 nitrogen and oxygen atoms in total. The predicted octanol–water partition coefficient (Wildman–Crippen LogP) is 2.73. The molecule has 0 rings (SSSR count). The summed E-state index contributed by atoms with van der Waals surface area (Å²) in [7, 11) is 0. The molecule has 0 heterocycles. The summed E-state index contributed by atoms with van der Waals surface area (Å²) < 4.78 is 0. The molecule has 1 N–H and O–H groups in total. The highest BCUT2D eigenvalue weighted by Crippen LogP contribution is 2.13. The first-order chi connectivity index (χ1) is 5.88. The first-order valence-electron chi connectivity index (χ1n) is 5.19. The lowest BCUT2D eigenvalue weighted by molar-refractivity contribution is -0.129. The van der Waals surface area contributed by atoms with Crippen molar-refractivity contribution in [2.24, 2.45) is 5.41 Å². The van der Waals surface area contributed by atoms with Crippen LogP contribution in [0.2, 0.25) is 0 Å². The molecular formula is C11H23NO. The van der Waals surface area contributed by atoms with Crippen molar-refractivity contribution in [1.82, 2.24) is 5.32 Å². The molecule has 0 aliphatic rings. The number of rotatable bonds is 4. The minimum atomic E-state index is -0.263. The second-order valence-corrected chi connectivity index (χ2v) is 4.77. The summed E-state index contributed by atoms with van der Waals surface area (Å²) in [4.78, 5) is 11.5. The van der Waals surface area contributed by atoms with Crippen LogP contribution in [-0.4, -0.2) is 11.9 Å². The molecule has 0 saturated heterocycles. The number of hydrogen-bond donors (Lipinski definition) is 1. The van der Waals surface area contributed by atoms with Gasteiger partial charge in [-0.2, -0.15) is 0 Å². The normalized spacial score (nSPS) is 13.9. The summed E-state index contributed by atoms with van der Waals surface area (Å²) in [6, 6.07) is 0.312. The number of nitrogens with one attached hydrogen (secondary N) is 1. The first-order valence-corrected chi connectivity index (χ1v) is 5.19. The van der Waals surface area contributed by atoms with Crippen LogP contribution < -0.4 is 5.32 Å². The third kappa shape index (κ3) is 5.67. The maximum absolute atomic E-state index is 11.5. The Morgan fingerprint density at radius 1 is 1.38 bits per heavy atom. The van der Waals surface area contributed by atoms with Gasteiger partial charge in [-0.15, -0.1) is 0 Å². The molecule has 0 aromatic carbocycles. The molecule has 1 unspecified atom stereocenters. The molecular weight excluding hydrogens is 162 g/mol. The first kappa shape index (κ1) is 12.5. The van der Waals surface area contributed by atoms with Crippen LogP contribution in [0, 0.1) is 5.41 Å². The van der Waals surface area contributed by atoms with E-state index in [4.69, 9.17) is 0 Å². The lowest BCUT2D eigenvalue weighted by Crippen LogP contribution is -2.40. The van der Waals surface area contributed by atoms with Crippen LogP contribution in [0.1, 0.15) is 53.9 Å². The summed E-state index contributed by atoms with van der Waals surface area (Å²) in [5.74, 6) is 0.149. The number of carbonyl (C=O) groups excluding carboxylic acids is 1. The Bertz CT molecular complexity index is 158. The molecule has 13 heavy (non-hydrogen) atoms. The monoisotopic (exact) mass is 185 g/mol. The van der Waals surface area contributed by atoms with E-state index in [0.717, 1.165) is 6.42 Å². The Morgan fingerprint density at radius 2 is 1.92 bits per heavy atom. The molecule has 1 atom stereocenters. The smallest absolute Gasteiger partial charge is 0.225 e. The third-order valence-electron chi connectivity index (χ3n) is 2.05.